The highest BCUT2D eigenvalue weighted by Gasteiger charge is 2.19. The number of rotatable bonds is 2. The van der Waals surface area contributed by atoms with Crippen LogP contribution in [0.25, 0.3) is 0 Å². The smallest absolute Gasteiger partial charge is 0.272 e. The minimum atomic E-state index is -0.389. The van der Waals surface area contributed by atoms with Gasteiger partial charge in [0.25, 0.3) is 5.69 Å². The van der Waals surface area contributed by atoms with Crippen LogP contribution in [0.4, 0.5) is 5.69 Å². The largest absolute Gasteiger partial charge is 0.309 e. The van der Waals surface area contributed by atoms with Crippen molar-refractivity contribution in [2.24, 2.45) is 0 Å². The van der Waals surface area contributed by atoms with Crippen LogP contribution in [0.15, 0.2) is 18.3 Å². The standard InChI is InChI=1S/C9H11N3O2/c13-12(14)7-3-5-11-9(6-7)8-2-1-4-10-8/h3,5-6,8,10H,1-2,4H2. The van der Waals surface area contributed by atoms with E-state index >= 15 is 0 Å². The Balaban J connectivity index is 2.25. The molecule has 1 saturated heterocycles. The first-order valence-electron chi connectivity index (χ1n) is 4.61. The molecule has 1 fully saturated rings. The van der Waals surface area contributed by atoms with Crippen molar-refractivity contribution in [3.8, 4) is 0 Å². The van der Waals surface area contributed by atoms with Gasteiger partial charge in [0.2, 0.25) is 0 Å². The molecule has 0 saturated carbocycles. The van der Waals surface area contributed by atoms with E-state index in [2.05, 4.69) is 10.3 Å². The molecule has 1 aliphatic rings. The molecular formula is C9H11N3O2. The fraction of sp³-hybridized carbons (Fsp3) is 0.444. The van der Waals surface area contributed by atoms with Crippen molar-refractivity contribution in [1.82, 2.24) is 10.3 Å². The van der Waals surface area contributed by atoms with Crippen molar-refractivity contribution < 1.29 is 4.92 Å². The third kappa shape index (κ3) is 1.72. The Morgan fingerprint density at radius 2 is 2.50 bits per heavy atom. The Morgan fingerprint density at radius 1 is 1.64 bits per heavy atom. The Labute approximate surface area is 81.3 Å². The average Bonchev–Trinajstić information content (AvgIpc) is 2.71. The monoisotopic (exact) mass is 193 g/mol. The van der Waals surface area contributed by atoms with Crippen molar-refractivity contribution in [2.75, 3.05) is 6.54 Å². The topological polar surface area (TPSA) is 68.1 Å². The molecule has 74 valence electrons. The number of hydrogen-bond donors (Lipinski definition) is 1. The third-order valence-corrected chi connectivity index (χ3v) is 2.39. The second-order valence-electron chi connectivity index (χ2n) is 3.34. The maximum absolute atomic E-state index is 10.5. The van der Waals surface area contributed by atoms with Crippen LogP contribution in [-0.2, 0) is 0 Å². The molecule has 1 N–H and O–H groups in total. The summed E-state index contributed by atoms with van der Waals surface area (Å²) < 4.78 is 0. The van der Waals surface area contributed by atoms with E-state index in [0.717, 1.165) is 25.1 Å². The lowest BCUT2D eigenvalue weighted by Crippen LogP contribution is -2.14. The number of nitrogens with zero attached hydrogens (tertiary/aromatic N) is 2. The van der Waals surface area contributed by atoms with Gasteiger partial charge in [-0.2, -0.15) is 0 Å². The maximum Gasteiger partial charge on any atom is 0.272 e. The van der Waals surface area contributed by atoms with Crippen LogP contribution < -0.4 is 5.32 Å². The van der Waals surface area contributed by atoms with Crippen LogP contribution in [-0.4, -0.2) is 16.5 Å². The highest BCUT2D eigenvalue weighted by molar-refractivity contribution is 5.31. The first-order valence-corrected chi connectivity index (χ1v) is 4.61. The number of nitrogens with one attached hydrogen (secondary N) is 1. The fourth-order valence-electron chi connectivity index (χ4n) is 1.68. The van der Waals surface area contributed by atoms with Gasteiger partial charge in [-0.15, -0.1) is 0 Å². The Kier molecular flexibility index (Phi) is 2.41. The molecule has 0 aliphatic carbocycles. The number of nitro groups is 1. The number of pyridine rings is 1. The molecule has 0 radical (unpaired) electrons. The lowest BCUT2D eigenvalue weighted by atomic mass is 10.1. The van der Waals surface area contributed by atoms with Gasteiger partial charge in [0.15, 0.2) is 0 Å². The van der Waals surface area contributed by atoms with E-state index in [1.54, 1.807) is 6.07 Å². The van der Waals surface area contributed by atoms with Crippen molar-refractivity contribution in [1.29, 1.82) is 0 Å². The van der Waals surface area contributed by atoms with Crippen LogP contribution >= 0.6 is 0 Å². The molecule has 0 aromatic carbocycles. The minimum absolute atomic E-state index is 0.115. The molecule has 14 heavy (non-hydrogen) atoms. The van der Waals surface area contributed by atoms with Crippen LogP contribution in [0.2, 0.25) is 0 Å². The highest BCUT2D eigenvalue weighted by atomic mass is 16.6. The molecule has 1 aromatic heterocycles. The van der Waals surface area contributed by atoms with Gasteiger partial charge in [0.05, 0.1) is 10.6 Å². The molecule has 5 heteroatoms. The normalized spacial score (nSPS) is 21.0. The van der Waals surface area contributed by atoms with E-state index in [1.165, 1.54) is 12.3 Å². The van der Waals surface area contributed by atoms with Gasteiger partial charge in [0, 0.05) is 24.4 Å². The van der Waals surface area contributed by atoms with Gasteiger partial charge in [-0.1, -0.05) is 0 Å². The van der Waals surface area contributed by atoms with Crippen LogP contribution in [0, 0.1) is 10.1 Å². The SMILES string of the molecule is O=[N+]([O-])c1ccnc(C2CCCN2)c1. The van der Waals surface area contributed by atoms with E-state index in [1.807, 2.05) is 0 Å². The van der Waals surface area contributed by atoms with Crippen molar-refractivity contribution >= 4 is 5.69 Å². The molecule has 2 rings (SSSR count). The molecule has 2 heterocycles. The number of aromatic nitrogens is 1. The first-order chi connectivity index (χ1) is 6.77. The van der Waals surface area contributed by atoms with Gasteiger partial charge in [-0.3, -0.25) is 15.1 Å². The highest BCUT2D eigenvalue weighted by Crippen LogP contribution is 2.23. The Bertz CT molecular complexity index is 348. The zero-order valence-electron chi connectivity index (χ0n) is 7.64. The molecule has 1 aromatic rings. The zero-order chi connectivity index (χ0) is 9.97. The summed E-state index contributed by atoms with van der Waals surface area (Å²) in [5.74, 6) is 0. The molecule has 1 unspecified atom stereocenters. The average molecular weight is 193 g/mol. The third-order valence-electron chi connectivity index (χ3n) is 2.39. The van der Waals surface area contributed by atoms with Crippen LogP contribution in [0.1, 0.15) is 24.6 Å². The first kappa shape index (κ1) is 9.08. The molecule has 5 nitrogen and oxygen atoms in total. The molecule has 1 aliphatic heterocycles. The molecule has 1 atom stereocenters. The van der Waals surface area contributed by atoms with Gasteiger partial charge in [0.1, 0.15) is 0 Å². The number of hydrogen-bond acceptors (Lipinski definition) is 4. The molecule has 0 amide bonds. The van der Waals surface area contributed by atoms with Crippen molar-refractivity contribution in [3.05, 3.63) is 34.1 Å². The van der Waals surface area contributed by atoms with Crippen molar-refractivity contribution in [2.45, 2.75) is 18.9 Å². The summed E-state index contributed by atoms with van der Waals surface area (Å²) >= 11 is 0. The van der Waals surface area contributed by atoms with Gasteiger partial charge >= 0.3 is 0 Å². The second kappa shape index (κ2) is 3.71. The molecule has 0 spiro atoms. The maximum atomic E-state index is 10.5. The van der Waals surface area contributed by atoms with Crippen molar-refractivity contribution in [3.63, 3.8) is 0 Å². The Morgan fingerprint density at radius 3 is 3.14 bits per heavy atom. The van der Waals surface area contributed by atoms with E-state index in [9.17, 15) is 10.1 Å². The van der Waals surface area contributed by atoms with Gasteiger partial charge < -0.3 is 5.32 Å². The zero-order valence-corrected chi connectivity index (χ0v) is 7.64. The second-order valence-corrected chi connectivity index (χ2v) is 3.34. The summed E-state index contributed by atoms with van der Waals surface area (Å²) in [6, 6.07) is 3.15. The van der Waals surface area contributed by atoms with Gasteiger partial charge in [-0.25, -0.2) is 0 Å². The van der Waals surface area contributed by atoms with E-state index in [0.29, 0.717) is 0 Å². The fourth-order valence-corrected chi connectivity index (χ4v) is 1.68. The minimum Gasteiger partial charge on any atom is -0.309 e. The Hall–Kier alpha value is -1.49. The summed E-state index contributed by atoms with van der Waals surface area (Å²) in [4.78, 5) is 14.3. The van der Waals surface area contributed by atoms with E-state index in [-0.39, 0.29) is 16.7 Å². The molecule has 0 bridgehead atoms. The van der Waals surface area contributed by atoms with E-state index < -0.39 is 0 Å². The lowest BCUT2D eigenvalue weighted by molar-refractivity contribution is -0.385. The summed E-state index contributed by atoms with van der Waals surface area (Å²) in [5.41, 5.74) is 0.889. The summed E-state index contributed by atoms with van der Waals surface area (Å²) in [6.07, 6.45) is 3.61. The summed E-state index contributed by atoms with van der Waals surface area (Å²) in [7, 11) is 0. The van der Waals surface area contributed by atoms with Crippen LogP contribution in [0.5, 0.6) is 0 Å². The summed E-state index contributed by atoms with van der Waals surface area (Å²) in [5, 5.41) is 13.8. The predicted octanol–water partition coefficient (Wildman–Crippen LogP) is 1.41. The lowest BCUT2D eigenvalue weighted by Gasteiger charge is -2.07. The van der Waals surface area contributed by atoms with E-state index in [4.69, 9.17) is 0 Å². The van der Waals surface area contributed by atoms with Gasteiger partial charge in [-0.05, 0) is 19.4 Å². The van der Waals surface area contributed by atoms with Crippen LogP contribution in [0.3, 0.4) is 0 Å². The summed E-state index contributed by atoms with van der Waals surface area (Å²) in [6.45, 7) is 0.967. The quantitative estimate of drug-likeness (QED) is 0.569. The predicted molar refractivity (Wildman–Crippen MR) is 50.9 cm³/mol. The molecular weight excluding hydrogens is 182 g/mol.